The highest BCUT2D eigenvalue weighted by Gasteiger charge is 2.13. The highest BCUT2D eigenvalue weighted by molar-refractivity contribution is 5.46. The standard InChI is InChI=1S/C15H14FNO4/c1-9-3-5-12(17(19)20)8-15(9)21-14-6-4-11(10(2)18)7-13(14)16/h3-8,10,18H,1-2H3/t10-/m0/s1. The number of nitro groups is 1. The van der Waals surface area contributed by atoms with Crippen LogP contribution in [0.2, 0.25) is 0 Å². The molecule has 1 atom stereocenters. The van der Waals surface area contributed by atoms with Crippen LogP contribution in [0.15, 0.2) is 36.4 Å². The molecular formula is C15H14FNO4. The molecule has 0 aliphatic heterocycles. The number of aliphatic hydroxyl groups excluding tert-OH is 1. The maximum absolute atomic E-state index is 13.9. The summed E-state index contributed by atoms with van der Waals surface area (Å²) in [6.45, 7) is 3.24. The third-order valence-corrected chi connectivity index (χ3v) is 3.04. The van der Waals surface area contributed by atoms with Crippen LogP contribution in [0.3, 0.4) is 0 Å². The summed E-state index contributed by atoms with van der Waals surface area (Å²) in [7, 11) is 0. The average Bonchev–Trinajstić information content (AvgIpc) is 2.42. The molecule has 0 aliphatic rings. The molecule has 1 N–H and O–H groups in total. The lowest BCUT2D eigenvalue weighted by atomic mass is 10.1. The first-order chi connectivity index (χ1) is 9.88. The Kier molecular flexibility index (Phi) is 4.18. The van der Waals surface area contributed by atoms with Gasteiger partial charge in [0, 0.05) is 6.07 Å². The molecule has 2 aromatic carbocycles. The van der Waals surface area contributed by atoms with Crippen LogP contribution in [0.4, 0.5) is 10.1 Å². The van der Waals surface area contributed by atoms with E-state index >= 15 is 0 Å². The van der Waals surface area contributed by atoms with E-state index in [9.17, 15) is 19.6 Å². The smallest absolute Gasteiger partial charge is 0.273 e. The van der Waals surface area contributed by atoms with E-state index in [1.807, 2.05) is 0 Å². The third-order valence-electron chi connectivity index (χ3n) is 3.04. The number of aryl methyl sites for hydroxylation is 1. The molecular weight excluding hydrogens is 277 g/mol. The Morgan fingerprint density at radius 2 is 1.95 bits per heavy atom. The molecule has 0 radical (unpaired) electrons. The van der Waals surface area contributed by atoms with Gasteiger partial charge in [0.25, 0.3) is 5.69 Å². The van der Waals surface area contributed by atoms with Gasteiger partial charge in [-0.1, -0.05) is 6.07 Å². The van der Waals surface area contributed by atoms with Gasteiger partial charge < -0.3 is 9.84 Å². The van der Waals surface area contributed by atoms with Crippen LogP contribution in [-0.4, -0.2) is 10.0 Å². The first-order valence-corrected chi connectivity index (χ1v) is 6.29. The summed E-state index contributed by atoms with van der Waals surface area (Å²) in [6.07, 6.45) is -0.784. The van der Waals surface area contributed by atoms with Gasteiger partial charge in [0.05, 0.1) is 17.1 Å². The summed E-state index contributed by atoms with van der Waals surface area (Å²) in [5.41, 5.74) is 0.951. The number of nitro benzene ring substituents is 1. The van der Waals surface area contributed by atoms with Crippen molar-refractivity contribution in [2.75, 3.05) is 0 Å². The van der Waals surface area contributed by atoms with E-state index in [1.165, 1.54) is 43.3 Å². The molecule has 5 nitrogen and oxygen atoms in total. The van der Waals surface area contributed by atoms with Crippen molar-refractivity contribution in [3.63, 3.8) is 0 Å². The summed E-state index contributed by atoms with van der Waals surface area (Å²) in [6, 6.07) is 8.24. The number of nitrogens with zero attached hydrogens (tertiary/aromatic N) is 1. The molecule has 2 rings (SSSR count). The molecule has 110 valence electrons. The summed E-state index contributed by atoms with van der Waals surface area (Å²) in [5, 5.41) is 20.1. The topological polar surface area (TPSA) is 72.6 Å². The summed E-state index contributed by atoms with van der Waals surface area (Å²) in [4.78, 5) is 10.2. The van der Waals surface area contributed by atoms with E-state index in [0.29, 0.717) is 11.1 Å². The van der Waals surface area contributed by atoms with Crippen molar-refractivity contribution in [2.45, 2.75) is 20.0 Å². The number of halogens is 1. The molecule has 0 saturated carbocycles. The number of hydrogen-bond donors (Lipinski definition) is 1. The van der Waals surface area contributed by atoms with Gasteiger partial charge in [-0.2, -0.15) is 0 Å². The second kappa shape index (κ2) is 5.88. The first-order valence-electron chi connectivity index (χ1n) is 6.29. The molecule has 0 unspecified atom stereocenters. The second-order valence-electron chi connectivity index (χ2n) is 4.67. The molecule has 0 bridgehead atoms. The Morgan fingerprint density at radius 1 is 1.24 bits per heavy atom. The number of benzene rings is 2. The van der Waals surface area contributed by atoms with Crippen LogP contribution < -0.4 is 4.74 Å². The zero-order chi connectivity index (χ0) is 15.6. The van der Waals surface area contributed by atoms with E-state index in [4.69, 9.17) is 4.74 Å². The van der Waals surface area contributed by atoms with Gasteiger partial charge in [0.1, 0.15) is 5.75 Å². The molecule has 0 heterocycles. The first kappa shape index (κ1) is 14.9. The predicted molar refractivity (Wildman–Crippen MR) is 74.9 cm³/mol. The van der Waals surface area contributed by atoms with E-state index in [-0.39, 0.29) is 17.2 Å². The van der Waals surface area contributed by atoms with Crippen molar-refractivity contribution < 1.29 is 19.2 Å². The van der Waals surface area contributed by atoms with Crippen LogP contribution in [0.5, 0.6) is 11.5 Å². The quantitative estimate of drug-likeness (QED) is 0.685. The van der Waals surface area contributed by atoms with Gasteiger partial charge in [0.2, 0.25) is 0 Å². The maximum Gasteiger partial charge on any atom is 0.273 e. The number of non-ortho nitro benzene ring substituents is 1. The number of ether oxygens (including phenoxy) is 1. The minimum absolute atomic E-state index is 0.0528. The number of rotatable bonds is 4. The lowest BCUT2D eigenvalue weighted by Gasteiger charge is -2.11. The minimum atomic E-state index is -0.784. The van der Waals surface area contributed by atoms with Crippen molar-refractivity contribution in [1.29, 1.82) is 0 Å². The Balaban J connectivity index is 2.34. The lowest BCUT2D eigenvalue weighted by molar-refractivity contribution is -0.384. The highest BCUT2D eigenvalue weighted by atomic mass is 19.1. The molecule has 0 saturated heterocycles. The normalized spacial score (nSPS) is 12.0. The summed E-state index contributed by atoms with van der Waals surface area (Å²) >= 11 is 0. The molecule has 21 heavy (non-hydrogen) atoms. The zero-order valence-electron chi connectivity index (χ0n) is 11.5. The van der Waals surface area contributed by atoms with Gasteiger partial charge in [-0.25, -0.2) is 4.39 Å². The van der Waals surface area contributed by atoms with Gasteiger partial charge in [-0.3, -0.25) is 10.1 Å². The molecule has 0 aliphatic carbocycles. The van der Waals surface area contributed by atoms with Crippen LogP contribution in [0, 0.1) is 22.9 Å². The van der Waals surface area contributed by atoms with E-state index < -0.39 is 16.8 Å². The largest absolute Gasteiger partial charge is 0.454 e. The fraction of sp³-hybridized carbons (Fsp3) is 0.200. The SMILES string of the molecule is Cc1ccc([N+](=O)[O-])cc1Oc1ccc([C@H](C)O)cc1F. The van der Waals surface area contributed by atoms with Gasteiger partial charge in [-0.15, -0.1) is 0 Å². The molecule has 0 fully saturated rings. The number of hydrogen-bond acceptors (Lipinski definition) is 4. The van der Waals surface area contributed by atoms with Crippen LogP contribution in [0.1, 0.15) is 24.2 Å². The van der Waals surface area contributed by atoms with E-state index in [1.54, 1.807) is 6.92 Å². The molecule has 6 heteroatoms. The Bertz CT molecular complexity index is 685. The van der Waals surface area contributed by atoms with Crippen molar-refractivity contribution in [3.05, 3.63) is 63.5 Å². The minimum Gasteiger partial charge on any atom is -0.454 e. The number of aliphatic hydroxyl groups is 1. The molecule has 0 spiro atoms. The Morgan fingerprint density at radius 3 is 2.52 bits per heavy atom. The predicted octanol–water partition coefficient (Wildman–Crippen LogP) is 3.89. The molecule has 0 amide bonds. The van der Waals surface area contributed by atoms with Crippen LogP contribution in [0.25, 0.3) is 0 Å². The van der Waals surface area contributed by atoms with Gasteiger partial charge >= 0.3 is 0 Å². The Labute approximate surface area is 120 Å². The monoisotopic (exact) mass is 291 g/mol. The average molecular weight is 291 g/mol. The van der Waals surface area contributed by atoms with Crippen molar-refractivity contribution in [2.24, 2.45) is 0 Å². The summed E-state index contributed by atoms with van der Waals surface area (Å²) in [5.74, 6) is -0.477. The third kappa shape index (κ3) is 3.35. The second-order valence-corrected chi connectivity index (χ2v) is 4.67. The van der Waals surface area contributed by atoms with Crippen LogP contribution >= 0.6 is 0 Å². The molecule has 0 aromatic heterocycles. The highest BCUT2D eigenvalue weighted by Crippen LogP contribution is 2.31. The fourth-order valence-electron chi connectivity index (χ4n) is 1.79. The van der Waals surface area contributed by atoms with Crippen molar-refractivity contribution >= 4 is 5.69 Å². The maximum atomic E-state index is 13.9. The Hall–Kier alpha value is -2.47. The van der Waals surface area contributed by atoms with Gasteiger partial charge in [-0.05, 0) is 43.2 Å². The van der Waals surface area contributed by atoms with Crippen molar-refractivity contribution in [1.82, 2.24) is 0 Å². The van der Waals surface area contributed by atoms with Gasteiger partial charge in [0.15, 0.2) is 11.6 Å². The fourth-order valence-corrected chi connectivity index (χ4v) is 1.79. The lowest BCUT2D eigenvalue weighted by Crippen LogP contribution is -1.96. The molecule has 2 aromatic rings. The zero-order valence-corrected chi connectivity index (χ0v) is 11.5. The van der Waals surface area contributed by atoms with E-state index in [2.05, 4.69) is 0 Å². The summed E-state index contributed by atoms with van der Waals surface area (Å²) < 4.78 is 19.3. The van der Waals surface area contributed by atoms with E-state index in [0.717, 1.165) is 0 Å². The van der Waals surface area contributed by atoms with Crippen molar-refractivity contribution in [3.8, 4) is 11.5 Å². The van der Waals surface area contributed by atoms with Crippen LogP contribution in [-0.2, 0) is 0 Å².